The molecule has 2 aromatic carbocycles. The molecule has 0 fully saturated rings. The smallest absolute Gasteiger partial charge is 0.135 e. The van der Waals surface area contributed by atoms with E-state index in [0.29, 0.717) is 0 Å². The van der Waals surface area contributed by atoms with Crippen LogP contribution in [0.15, 0.2) is 60.9 Å². The van der Waals surface area contributed by atoms with E-state index in [4.69, 9.17) is 16.3 Å². The fourth-order valence-electron chi connectivity index (χ4n) is 2.33. The van der Waals surface area contributed by atoms with Gasteiger partial charge in [0, 0.05) is 23.3 Å². The van der Waals surface area contributed by atoms with Crippen LogP contribution in [0.5, 0.6) is 5.75 Å². The number of anilines is 3. The minimum absolute atomic E-state index is 0.731. The lowest BCUT2D eigenvalue weighted by Gasteiger charge is -2.09. The molecular formula is C19H19ClN4O. The van der Waals surface area contributed by atoms with Gasteiger partial charge >= 0.3 is 0 Å². The molecule has 0 aliphatic rings. The van der Waals surface area contributed by atoms with Crippen LogP contribution in [0.4, 0.5) is 17.3 Å². The first-order valence-corrected chi connectivity index (χ1v) is 8.32. The number of ether oxygens (including phenoxy) is 1. The number of hydrogen-bond acceptors (Lipinski definition) is 5. The van der Waals surface area contributed by atoms with Gasteiger partial charge in [0.2, 0.25) is 0 Å². The van der Waals surface area contributed by atoms with Crippen molar-refractivity contribution in [3.8, 4) is 5.75 Å². The molecule has 0 aliphatic heterocycles. The summed E-state index contributed by atoms with van der Waals surface area (Å²) in [6.07, 6.45) is 2.43. The van der Waals surface area contributed by atoms with Gasteiger partial charge in [0.05, 0.1) is 7.11 Å². The second-order valence-electron chi connectivity index (χ2n) is 5.45. The van der Waals surface area contributed by atoms with Gasteiger partial charge in [-0.3, -0.25) is 0 Å². The fourth-order valence-corrected chi connectivity index (χ4v) is 2.46. The summed E-state index contributed by atoms with van der Waals surface area (Å²) in [5.41, 5.74) is 2.16. The SMILES string of the molecule is COc1ccc(Nc2cc(NCCc3ccc(Cl)cc3)ncn2)cc1. The van der Waals surface area contributed by atoms with Crippen LogP contribution in [0.2, 0.25) is 5.02 Å². The molecule has 2 N–H and O–H groups in total. The molecule has 0 saturated heterocycles. The van der Waals surface area contributed by atoms with Crippen molar-refractivity contribution in [1.29, 1.82) is 0 Å². The third-order valence-electron chi connectivity index (χ3n) is 3.66. The van der Waals surface area contributed by atoms with Crippen LogP contribution in [0.3, 0.4) is 0 Å². The molecule has 5 nitrogen and oxygen atoms in total. The van der Waals surface area contributed by atoms with Gasteiger partial charge in [-0.25, -0.2) is 9.97 Å². The molecule has 128 valence electrons. The Morgan fingerprint density at radius 3 is 2.40 bits per heavy atom. The van der Waals surface area contributed by atoms with Crippen molar-refractivity contribution in [2.24, 2.45) is 0 Å². The van der Waals surface area contributed by atoms with Gasteiger partial charge < -0.3 is 15.4 Å². The molecule has 25 heavy (non-hydrogen) atoms. The van der Waals surface area contributed by atoms with Gasteiger partial charge in [-0.1, -0.05) is 23.7 Å². The molecule has 0 radical (unpaired) electrons. The van der Waals surface area contributed by atoms with E-state index in [1.54, 1.807) is 7.11 Å². The lowest BCUT2D eigenvalue weighted by molar-refractivity contribution is 0.415. The Morgan fingerprint density at radius 1 is 0.960 bits per heavy atom. The topological polar surface area (TPSA) is 59.1 Å². The van der Waals surface area contributed by atoms with Gasteiger partial charge in [-0.2, -0.15) is 0 Å². The van der Waals surface area contributed by atoms with Crippen LogP contribution in [0, 0.1) is 0 Å². The third-order valence-corrected chi connectivity index (χ3v) is 3.91. The van der Waals surface area contributed by atoms with E-state index in [1.165, 1.54) is 11.9 Å². The summed E-state index contributed by atoms with van der Waals surface area (Å²) in [5.74, 6) is 2.33. The van der Waals surface area contributed by atoms with Gasteiger partial charge in [-0.05, 0) is 48.4 Å². The summed E-state index contributed by atoms with van der Waals surface area (Å²) < 4.78 is 5.16. The predicted molar refractivity (Wildman–Crippen MR) is 102 cm³/mol. The van der Waals surface area contributed by atoms with Gasteiger partial charge in [0.25, 0.3) is 0 Å². The summed E-state index contributed by atoms with van der Waals surface area (Å²) in [6, 6.07) is 17.4. The quantitative estimate of drug-likeness (QED) is 0.652. The van der Waals surface area contributed by atoms with E-state index < -0.39 is 0 Å². The number of benzene rings is 2. The highest BCUT2D eigenvalue weighted by molar-refractivity contribution is 6.30. The van der Waals surface area contributed by atoms with Crippen LogP contribution in [-0.2, 0) is 6.42 Å². The second kappa shape index (κ2) is 8.35. The zero-order valence-corrected chi connectivity index (χ0v) is 14.6. The second-order valence-corrected chi connectivity index (χ2v) is 5.88. The maximum Gasteiger partial charge on any atom is 0.135 e. The molecule has 0 amide bonds. The predicted octanol–water partition coefficient (Wildman–Crippen LogP) is 4.54. The molecule has 1 aromatic heterocycles. The first-order valence-electron chi connectivity index (χ1n) is 7.94. The van der Waals surface area contributed by atoms with Crippen molar-refractivity contribution >= 4 is 28.9 Å². The van der Waals surface area contributed by atoms with Crippen LogP contribution in [0.1, 0.15) is 5.56 Å². The number of halogens is 1. The summed E-state index contributed by atoms with van der Waals surface area (Å²) in [7, 11) is 1.65. The summed E-state index contributed by atoms with van der Waals surface area (Å²) >= 11 is 5.90. The maximum atomic E-state index is 5.90. The molecule has 3 rings (SSSR count). The van der Waals surface area contributed by atoms with E-state index in [-0.39, 0.29) is 0 Å². The molecule has 0 bridgehead atoms. The highest BCUT2D eigenvalue weighted by Gasteiger charge is 2.01. The van der Waals surface area contributed by atoms with E-state index in [1.807, 2.05) is 54.6 Å². The number of rotatable bonds is 7. The van der Waals surface area contributed by atoms with E-state index in [9.17, 15) is 0 Å². The van der Waals surface area contributed by atoms with Crippen molar-refractivity contribution in [2.45, 2.75) is 6.42 Å². The summed E-state index contributed by atoms with van der Waals surface area (Å²) in [4.78, 5) is 8.50. The van der Waals surface area contributed by atoms with Crippen LogP contribution in [-0.4, -0.2) is 23.6 Å². The fraction of sp³-hybridized carbons (Fsp3) is 0.158. The highest BCUT2D eigenvalue weighted by atomic mass is 35.5. The van der Waals surface area contributed by atoms with Crippen molar-refractivity contribution in [1.82, 2.24) is 9.97 Å². The Kier molecular flexibility index (Phi) is 5.69. The van der Waals surface area contributed by atoms with Crippen LogP contribution >= 0.6 is 11.6 Å². The molecule has 0 saturated carbocycles. The van der Waals surface area contributed by atoms with E-state index >= 15 is 0 Å². The Morgan fingerprint density at radius 2 is 1.68 bits per heavy atom. The monoisotopic (exact) mass is 354 g/mol. The molecule has 0 spiro atoms. The standard InChI is InChI=1S/C19H19ClN4O/c1-25-17-8-6-16(7-9-17)24-19-12-18(22-13-23-19)21-11-10-14-2-4-15(20)5-3-14/h2-9,12-13H,10-11H2,1H3,(H2,21,22,23,24). The maximum absolute atomic E-state index is 5.90. The molecule has 6 heteroatoms. The largest absolute Gasteiger partial charge is 0.497 e. The van der Waals surface area contributed by atoms with Crippen molar-refractivity contribution < 1.29 is 4.74 Å². The highest BCUT2D eigenvalue weighted by Crippen LogP contribution is 2.19. The lowest BCUT2D eigenvalue weighted by atomic mass is 10.1. The zero-order chi connectivity index (χ0) is 17.5. The normalized spacial score (nSPS) is 10.3. The molecule has 3 aromatic rings. The Balaban J connectivity index is 1.56. The average Bonchev–Trinajstić information content (AvgIpc) is 2.64. The average molecular weight is 355 g/mol. The first-order chi connectivity index (χ1) is 12.2. The lowest BCUT2D eigenvalue weighted by Crippen LogP contribution is -2.07. The number of methoxy groups -OCH3 is 1. The number of hydrogen-bond donors (Lipinski definition) is 2. The summed E-state index contributed by atoms with van der Waals surface area (Å²) in [6.45, 7) is 0.778. The molecule has 1 heterocycles. The van der Waals surface area contributed by atoms with Crippen LogP contribution in [0.25, 0.3) is 0 Å². The minimum atomic E-state index is 0.731. The van der Waals surface area contributed by atoms with Crippen molar-refractivity contribution in [2.75, 3.05) is 24.3 Å². The van der Waals surface area contributed by atoms with E-state index in [0.717, 1.165) is 41.1 Å². The molecule has 0 aliphatic carbocycles. The first kappa shape index (κ1) is 17.0. The van der Waals surface area contributed by atoms with E-state index in [2.05, 4.69) is 20.6 Å². The third kappa shape index (κ3) is 5.09. The van der Waals surface area contributed by atoms with Crippen molar-refractivity contribution in [3.63, 3.8) is 0 Å². The van der Waals surface area contributed by atoms with Gasteiger partial charge in [0.1, 0.15) is 23.7 Å². The van der Waals surface area contributed by atoms with Crippen molar-refractivity contribution in [3.05, 3.63) is 71.5 Å². The van der Waals surface area contributed by atoms with Gasteiger partial charge in [-0.15, -0.1) is 0 Å². The Bertz CT molecular complexity index is 806. The molecular weight excluding hydrogens is 336 g/mol. The number of nitrogens with zero attached hydrogens (tertiary/aromatic N) is 2. The summed E-state index contributed by atoms with van der Waals surface area (Å²) in [5, 5.41) is 7.31. The number of nitrogens with one attached hydrogen (secondary N) is 2. The van der Waals surface area contributed by atoms with Gasteiger partial charge in [0.15, 0.2) is 0 Å². The zero-order valence-electron chi connectivity index (χ0n) is 13.9. The Hall–Kier alpha value is -2.79. The van der Waals surface area contributed by atoms with Crippen LogP contribution < -0.4 is 15.4 Å². The molecule has 0 atom stereocenters. The Labute approximate surface area is 152 Å². The molecule has 0 unspecified atom stereocenters. The minimum Gasteiger partial charge on any atom is -0.497 e. The number of aromatic nitrogens is 2.